The van der Waals surface area contributed by atoms with Gasteiger partial charge in [-0.1, -0.05) is 12.1 Å². The number of thioether (sulfide) groups is 1. The number of benzene rings is 1. The first-order chi connectivity index (χ1) is 10.2. The topological polar surface area (TPSA) is 54.3 Å². The number of anilines is 1. The molecule has 0 atom stereocenters. The summed E-state index contributed by atoms with van der Waals surface area (Å²) < 4.78 is 5.24. The summed E-state index contributed by atoms with van der Waals surface area (Å²) in [6.07, 6.45) is 1.67. The van der Waals surface area contributed by atoms with E-state index in [4.69, 9.17) is 4.42 Å². The van der Waals surface area contributed by atoms with Crippen LogP contribution in [-0.2, 0) is 5.75 Å². The van der Waals surface area contributed by atoms with Gasteiger partial charge >= 0.3 is 6.03 Å². The third kappa shape index (κ3) is 4.86. The number of hydrogen-bond donors (Lipinski definition) is 2. The van der Waals surface area contributed by atoms with Crippen molar-refractivity contribution in [2.75, 3.05) is 17.6 Å². The normalized spacial score (nSPS) is 10.4. The van der Waals surface area contributed by atoms with Crippen LogP contribution >= 0.6 is 11.8 Å². The van der Waals surface area contributed by atoms with Gasteiger partial charge in [0.15, 0.2) is 0 Å². The second-order valence-corrected chi connectivity index (χ2v) is 5.87. The van der Waals surface area contributed by atoms with Gasteiger partial charge in [0.25, 0.3) is 0 Å². The number of rotatable bonds is 6. The van der Waals surface area contributed by atoms with E-state index in [1.807, 2.05) is 44.2 Å². The van der Waals surface area contributed by atoms with Crippen LogP contribution in [0.2, 0.25) is 0 Å². The van der Waals surface area contributed by atoms with Crippen molar-refractivity contribution in [3.05, 3.63) is 53.5 Å². The van der Waals surface area contributed by atoms with Crippen molar-refractivity contribution in [1.82, 2.24) is 5.32 Å². The largest absolute Gasteiger partial charge is 0.468 e. The van der Waals surface area contributed by atoms with Crippen molar-refractivity contribution in [1.29, 1.82) is 0 Å². The average molecular weight is 304 g/mol. The first-order valence-electron chi connectivity index (χ1n) is 6.88. The van der Waals surface area contributed by atoms with Gasteiger partial charge in [-0.25, -0.2) is 4.79 Å². The monoisotopic (exact) mass is 304 g/mol. The van der Waals surface area contributed by atoms with Crippen molar-refractivity contribution in [2.24, 2.45) is 0 Å². The first-order valence-corrected chi connectivity index (χ1v) is 8.03. The first kappa shape index (κ1) is 15.5. The van der Waals surface area contributed by atoms with Crippen LogP contribution in [0.25, 0.3) is 0 Å². The Labute approximate surface area is 129 Å². The van der Waals surface area contributed by atoms with Crippen LogP contribution in [-0.4, -0.2) is 18.3 Å². The Balaban J connectivity index is 1.66. The van der Waals surface area contributed by atoms with Crippen molar-refractivity contribution in [3.8, 4) is 0 Å². The highest BCUT2D eigenvalue weighted by atomic mass is 32.2. The molecule has 1 heterocycles. The summed E-state index contributed by atoms with van der Waals surface area (Å²) in [5.41, 5.74) is 3.12. The molecule has 0 fully saturated rings. The molecule has 0 aliphatic rings. The molecule has 4 nitrogen and oxygen atoms in total. The molecule has 2 rings (SSSR count). The fourth-order valence-corrected chi connectivity index (χ4v) is 2.61. The Kier molecular flexibility index (Phi) is 5.75. The predicted molar refractivity (Wildman–Crippen MR) is 87.8 cm³/mol. The van der Waals surface area contributed by atoms with Gasteiger partial charge in [0.1, 0.15) is 5.76 Å². The Morgan fingerprint density at radius 1 is 1.24 bits per heavy atom. The molecule has 5 heteroatoms. The molecular weight excluding hydrogens is 284 g/mol. The lowest BCUT2D eigenvalue weighted by Gasteiger charge is -2.11. The maximum Gasteiger partial charge on any atom is 0.319 e. The maximum absolute atomic E-state index is 11.8. The standard InChI is InChI=1S/C16H20N2O2S/c1-12-5-3-7-15(13(12)2)18-16(19)17-8-10-21-11-14-6-4-9-20-14/h3-7,9H,8,10-11H2,1-2H3,(H2,17,18,19). The number of carbonyl (C=O) groups excluding carboxylic acids is 1. The Hall–Kier alpha value is -1.88. The van der Waals surface area contributed by atoms with E-state index in [0.717, 1.165) is 28.5 Å². The van der Waals surface area contributed by atoms with Gasteiger partial charge in [0.05, 0.1) is 12.0 Å². The molecule has 21 heavy (non-hydrogen) atoms. The molecule has 0 unspecified atom stereocenters. The summed E-state index contributed by atoms with van der Waals surface area (Å²) in [5.74, 6) is 2.63. The van der Waals surface area contributed by atoms with Crippen molar-refractivity contribution >= 4 is 23.5 Å². The fourth-order valence-electron chi connectivity index (χ4n) is 1.86. The lowest BCUT2D eigenvalue weighted by atomic mass is 10.1. The highest BCUT2D eigenvalue weighted by Crippen LogP contribution is 2.17. The Bertz CT molecular complexity index is 582. The predicted octanol–water partition coefficient (Wildman–Crippen LogP) is 3.95. The van der Waals surface area contributed by atoms with E-state index >= 15 is 0 Å². The third-order valence-electron chi connectivity index (χ3n) is 3.21. The molecule has 0 saturated heterocycles. The number of urea groups is 1. The van der Waals surface area contributed by atoms with Gasteiger partial charge in [-0.05, 0) is 43.2 Å². The van der Waals surface area contributed by atoms with Crippen LogP contribution in [0.15, 0.2) is 41.0 Å². The Morgan fingerprint density at radius 2 is 2.10 bits per heavy atom. The lowest BCUT2D eigenvalue weighted by molar-refractivity contribution is 0.252. The number of aryl methyl sites for hydroxylation is 1. The number of amides is 2. The number of hydrogen-bond acceptors (Lipinski definition) is 3. The van der Waals surface area contributed by atoms with Gasteiger partial charge in [-0.3, -0.25) is 0 Å². The molecule has 2 amide bonds. The van der Waals surface area contributed by atoms with E-state index < -0.39 is 0 Å². The van der Waals surface area contributed by atoms with E-state index in [1.165, 1.54) is 5.56 Å². The number of nitrogens with one attached hydrogen (secondary N) is 2. The molecule has 2 N–H and O–H groups in total. The molecule has 1 aromatic carbocycles. The molecule has 0 radical (unpaired) electrons. The number of furan rings is 1. The smallest absolute Gasteiger partial charge is 0.319 e. The van der Waals surface area contributed by atoms with Crippen molar-refractivity contribution in [2.45, 2.75) is 19.6 Å². The van der Waals surface area contributed by atoms with Crippen LogP contribution in [0.4, 0.5) is 10.5 Å². The molecule has 112 valence electrons. The van der Waals surface area contributed by atoms with Crippen LogP contribution in [0.5, 0.6) is 0 Å². The van der Waals surface area contributed by atoms with Crippen LogP contribution < -0.4 is 10.6 Å². The maximum atomic E-state index is 11.8. The molecule has 0 bridgehead atoms. The van der Waals surface area contributed by atoms with Crippen molar-refractivity contribution in [3.63, 3.8) is 0 Å². The van der Waals surface area contributed by atoms with Gasteiger partial charge in [-0.15, -0.1) is 0 Å². The minimum absolute atomic E-state index is 0.165. The van der Waals surface area contributed by atoms with Gasteiger partial charge in [0, 0.05) is 18.0 Å². The van der Waals surface area contributed by atoms with Crippen LogP contribution in [0, 0.1) is 13.8 Å². The van der Waals surface area contributed by atoms with Crippen LogP contribution in [0.1, 0.15) is 16.9 Å². The highest BCUT2D eigenvalue weighted by Gasteiger charge is 2.05. The highest BCUT2D eigenvalue weighted by molar-refractivity contribution is 7.98. The van der Waals surface area contributed by atoms with Gasteiger partial charge in [0.2, 0.25) is 0 Å². The second-order valence-electron chi connectivity index (χ2n) is 4.76. The molecule has 0 saturated carbocycles. The van der Waals surface area contributed by atoms with E-state index in [2.05, 4.69) is 10.6 Å². The molecule has 0 aliphatic heterocycles. The van der Waals surface area contributed by atoms with E-state index in [9.17, 15) is 4.79 Å². The summed E-state index contributed by atoms with van der Waals surface area (Å²) in [6, 6.07) is 9.55. The lowest BCUT2D eigenvalue weighted by Crippen LogP contribution is -2.30. The zero-order chi connectivity index (χ0) is 15.1. The zero-order valence-electron chi connectivity index (χ0n) is 12.3. The zero-order valence-corrected chi connectivity index (χ0v) is 13.1. The van der Waals surface area contributed by atoms with Crippen molar-refractivity contribution < 1.29 is 9.21 Å². The molecule has 1 aromatic heterocycles. The summed E-state index contributed by atoms with van der Waals surface area (Å²) in [5, 5.41) is 5.73. The van der Waals surface area contributed by atoms with Gasteiger partial charge in [-0.2, -0.15) is 11.8 Å². The van der Waals surface area contributed by atoms with E-state index in [-0.39, 0.29) is 6.03 Å². The summed E-state index contributed by atoms with van der Waals surface area (Å²) in [4.78, 5) is 11.8. The quantitative estimate of drug-likeness (QED) is 0.794. The average Bonchev–Trinajstić information content (AvgIpc) is 2.97. The summed E-state index contributed by atoms with van der Waals surface area (Å²) in [7, 11) is 0. The molecule has 0 aliphatic carbocycles. The fraction of sp³-hybridized carbons (Fsp3) is 0.312. The minimum Gasteiger partial charge on any atom is -0.468 e. The van der Waals surface area contributed by atoms with E-state index in [0.29, 0.717) is 6.54 Å². The number of carbonyl (C=O) groups is 1. The van der Waals surface area contributed by atoms with Crippen LogP contribution in [0.3, 0.4) is 0 Å². The Morgan fingerprint density at radius 3 is 2.86 bits per heavy atom. The molecule has 0 spiro atoms. The molecule has 2 aromatic rings. The third-order valence-corrected chi connectivity index (χ3v) is 4.19. The van der Waals surface area contributed by atoms with E-state index in [1.54, 1.807) is 18.0 Å². The summed E-state index contributed by atoms with van der Waals surface area (Å²) in [6.45, 7) is 4.66. The second kappa shape index (κ2) is 7.78. The molecular formula is C16H20N2O2S. The minimum atomic E-state index is -0.165. The van der Waals surface area contributed by atoms with Gasteiger partial charge < -0.3 is 15.1 Å². The SMILES string of the molecule is Cc1cccc(NC(=O)NCCSCc2ccco2)c1C. The summed E-state index contributed by atoms with van der Waals surface area (Å²) >= 11 is 1.73.